The maximum atomic E-state index is 12.7. The van der Waals surface area contributed by atoms with Gasteiger partial charge in [-0.1, -0.05) is 35.9 Å². The summed E-state index contributed by atoms with van der Waals surface area (Å²) in [6.45, 7) is 5.19. The Labute approximate surface area is 207 Å². The first-order valence-electron chi connectivity index (χ1n) is 10.6. The first-order valence-corrected chi connectivity index (χ1v) is 12.4. The molecule has 12 heteroatoms. The van der Waals surface area contributed by atoms with E-state index in [2.05, 4.69) is 4.18 Å². The zero-order chi connectivity index (χ0) is 26.4. The van der Waals surface area contributed by atoms with Crippen molar-refractivity contribution < 1.29 is 40.4 Å². The molecule has 0 aliphatic heterocycles. The second kappa shape index (κ2) is 11.5. The summed E-state index contributed by atoms with van der Waals surface area (Å²) >= 11 is 5.98. The highest BCUT2D eigenvalue weighted by Gasteiger charge is 2.48. The van der Waals surface area contributed by atoms with Crippen LogP contribution in [0.15, 0.2) is 48.5 Å². The molecule has 0 spiro atoms. The van der Waals surface area contributed by atoms with E-state index in [1.54, 1.807) is 51.1 Å². The van der Waals surface area contributed by atoms with E-state index in [-0.39, 0.29) is 19.5 Å². The van der Waals surface area contributed by atoms with Crippen LogP contribution in [-0.2, 0) is 21.3 Å². The van der Waals surface area contributed by atoms with Crippen molar-refractivity contribution in [3.05, 3.63) is 64.7 Å². The largest absolute Gasteiger partial charge is 0.534 e. The van der Waals surface area contributed by atoms with Crippen molar-refractivity contribution in [1.82, 2.24) is 4.90 Å². The quantitative estimate of drug-likeness (QED) is 0.337. The summed E-state index contributed by atoms with van der Waals surface area (Å²) in [7, 11) is -5.78. The van der Waals surface area contributed by atoms with Crippen molar-refractivity contribution >= 4 is 27.8 Å². The summed E-state index contributed by atoms with van der Waals surface area (Å²) in [6, 6.07) is 11.8. The van der Waals surface area contributed by atoms with Gasteiger partial charge in [-0.2, -0.15) is 21.6 Å². The Morgan fingerprint density at radius 1 is 1.11 bits per heavy atom. The molecule has 1 N–H and O–H groups in total. The summed E-state index contributed by atoms with van der Waals surface area (Å²) in [5.41, 5.74) is -5.30. The van der Waals surface area contributed by atoms with E-state index in [1.165, 1.54) is 17.0 Å². The summed E-state index contributed by atoms with van der Waals surface area (Å²) in [5.74, 6) is -0.472. The molecule has 2 aromatic rings. The second-order valence-corrected chi connectivity index (χ2v) is 10.7. The van der Waals surface area contributed by atoms with Crippen LogP contribution in [0.2, 0.25) is 5.02 Å². The fourth-order valence-electron chi connectivity index (χ4n) is 3.01. The van der Waals surface area contributed by atoms with Gasteiger partial charge in [-0.25, -0.2) is 4.79 Å². The Bertz CT molecular complexity index is 1120. The van der Waals surface area contributed by atoms with Gasteiger partial charge in [0.2, 0.25) is 0 Å². The highest BCUT2D eigenvalue weighted by Crippen LogP contribution is 2.27. The molecule has 1 amide bonds. The summed E-state index contributed by atoms with van der Waals surface area (Å²) in [4.78, 5) is 14.0. The van der Waals surface area contributed by atoms with Crippen molar-refractivity contribution in [1.29, 1.82) is 0 Å². The Hall–Kier alpha value is -2.50. The molecular formula is C23H27ClF3NO6S. The maximum Gasteiger partial charge on any atom is 0.534 e. The highest BCUT2D eigenvalue weighted by atomic mass is 35.5. The van der Waals surface area contributed by atoms with Gasteiger partial charge in [0.05, 0.1) is 12.6 Å². The number of carbonyl (C=O) groups is 1. The number of rotatable bonds is 9. The third-order valence-corrected chi connectivity index (χ3v) is 5.77. The smallest absolute Gasteiger partial charge is 0.444 e. The fourth-order valence-corrected chi connectivity index (χ4v) is 3.66. The zero-order valence-electron chi connectivity index (χ0n) is 19.4. The van der Waals surface area contributed by atoms with Crippen LogP contribution in [-0.4, -0.2) is 48.7 Å². The van der Waals surface area contributed by atoms with E-state index >= 15 is 0 Å². The lowest BCUT2D eigenvalue weighted by Gasteiger charge is -2.29. The third-order valence-electron chi connectivity index (χ3n) is 4.56. The van der Waals surface area contributed by atoms with Gasteiger partial charge < -0.3 is 18.9 Å². The SMILES string of the molecule is CC(C)(C)OC(=O)N(CCCc1cccc(OS(=O)(=O)C(F)(F)F)c1)CC(O)c1cccc(Cl)c1. The molecule has 0 aromatic heterocycles. The number of ether oxygens (including phenoxy) is 1. The van der Waals surface area contributed by atoms with E-state index in [0.717, 1.165) is 6.07 Å². The van der Waals surface area contributed by atoms with Gasteiger partial charge in [0, 0.05) is 11.6 Å². The van der Waals surface area contributed by atoms with E-state index < -0.39 is 39.2 Å². The highest BCUT2D eigenvalue weighted by molar-refractivity contribution is 7.88. The molecular weight excluding hydrogens is 511 g/mol. The molecule has 0 radical (unpaired) electrons. The zero-order valence-corrected chi connectivity index (χ0v) is 21.0. The van der Waals surface area contributed by atoms with Crippen LogP contribution in [0.5, 0.6) is 5.75 Å². The van der Waals surface area contributed by atoms with Gasteiger partial charge in [-0.05, 0) is 69.0 Å². The van der Waals surface area contributed by atoms with Crippen molar-refractivity contribution in [2.45, 2.75) is 50.8 Å². The number of hydrogen-bond acceptors (Lipinski definition) is 6. The minimum Gasteiger partial charge on any atom is -0.444 e. The van der Waals surface area contributed by atoms with Crippen molar-refractivity contribution in [2.24, 2.45) is 0 Å². The molecule has 2 aromatic carbocycles. The first-order chi connectivity index (χ1) is 16.1. The monoisotopic (exact) mass is 537 g/mol. The standard InChI is InChI=1S/C23H27ClF3NO6S/c1-22(2,3)33-21(30)28(15-20(29)17-9-5-10-18(24)14-17)12-6-8-16-7-4-11-19(13-16)34-35(31,32)23(25,26)27/h4-5,7,9-11,13-14,20,29H,6,8,12,15H2,1-3H3. The normalized spacial score (nSPS) is 13.3. The minimum absolute atomic E-state index is 0.0811. The van der Waals surface area contributed by atoms with E-state index in [0.29, 0.717) is 22.6 Å². The summed E-state index contributed by atoms with van der Waals surface area (Å²) in [6.07, 6.45) is -1.05. The average molecular weight is 538 g/mol. The maximum absolute atomic E-state index is 12.7. The van der Waals surface area contributed by atoms with Crippen LogP contribution in [0, 0.1) is 0 Å². The number of halogens is 4. The van der Waals surface area contributed by atoms with Crippen LogP contribution in [0.1, 0.15) is 44.4 Å². The molecule has 0 bridgehead atoms. The van der Waals surface area contributed by atoms with Gasteiger partial charge in [0.1, 0.15) is 11.4 Å². The Kier molecular flexibility index (Phi) is 9.43. The lowest BCUT2D eigenvalue weighted by Crippen LogP contribution is -2.40. The van der Waals surface area contributed by atoms with Crippen LogP contribution in [0.25, 0.3) is 0 Å². The van der Waals surface area contributed by atoms with Crippen LogP contribution >= 0.6 is 11.6 Å². The average Bonchev–Trinajstić information content (AvgIpc) is 2.70. The van der Waals surface area contributed by atoms with Gasteiger partial charge in [0.15, 0.2) is 0 Å². The van der Waals surface area contributed by atoms with Crippen molar-refractivity contribution in [3.63, 3.8) is 0 Å². The second-order valence-electron chi connectivity index (χ2n) is 8.73. The van der Waals surface area contributed by atoms with E-state index in [4.69, 9.17) is 16.3 Å². The topological polar surface area (TPSA) is 93.1 Å². The van der Waals surface area contributed by atoms with Crippen molar-refractivity contribution in [3.8, 4) is 5.75 Å². The van der Waals surface area contributed by atoms with Gasteiger partial charge in [0.25, 0.3) is 0 Å². The Morgan fingerprint density at radius 2 is 1.77 bits per heavy atom. The number of aliphatic hydroxyl groups is 1. The Balaban J connectivity index is 2.08. The van der Waals surface area contributed by atoms with Gasteiger partial charge >= 0.3 is 21.7 Å². The first kappa shape index (κ1) is 28.7. The number of aliphatic hydroxyl groups excluding tert-OH is 1. The molecule has 1 atom stereocenters. The van der Waals surface area contributed by atoms with Gasteiger partial charge in [-0.3, -0.25) is 0 Å². The van der Waals surface area contributed by atoms with Crippen LogP contribution in [0.4, 0.5) is 18.0 Å². The molecule has 0 aliphatic rings. The number of benzene rings is 2. The molecule has 0 saturated heterocycles. The number of hydrogen-bond donors (Lipinski definition) is 1. The lowest BCUT2D eigenvalue weighted by molar-refractivity contribution is -0.0500. The fraction of sp³-hybridized carbons (Fsp3) is 0.435. The molecule has 0 fully saturated rings. The number of nitrogens with zero attached hydrogens (tertiary/aromatic N) is 1. The number of amides is 1. The Morgan fingerprint density at radius 3 is 2.37 bits per heavy atom. The molecule has 0 saturated carbocycles. The summed E-state index contributed by atoms with van der Waals surface area (Å²) in [5, 5.41) is 11.0. The molecule has 7 nitrogen and oxygen atoms in total. The van der Waals surface area contributed by atoms with E-state index in [9.17, 15) is 31.5 Å². The van der Waals surface area contributed by atoms with Crippen molar-refractivity contribution in [2.75, 3.05) is 13.1 Å². The lowest BCUT2D eigenvalue weighted by atomic mass is 10.1. The molecule has 0 aliphatic carbocycles. The predicted molar refractivity (Wildman–Crippen MR) is 125 cm³/mol. The third kappa shape index (κ3) is 9.23. The molecule has 35 heavy (non-hydrogen) atoms. The predicted octanol–water partition coefficient (Wildman–Crippen LogP) is 5.47. The molecule has 194 valence electrons. The van der Waals surface area contributed by atoms with E-state index in [1.807, 2.05) is 0 Å². The molecule has 1 unspecified atom stereocenters. The number of carbonyl (C=O) groups excluding carboxylic acids is 1. The molecule has 0 heterocycles. The van der Waals surface area contributed by atoms with Crippen LogP contribution in [0.3, 0.4) is 0 Å². The minimum atomic E-state index is -5.78. The van der Waals surface area contributed by atoms with Crippen LogP contribution < -0.4 is 4.18 Å². The van der Waals surface area contributed by atoms with Gasteiger partial charge in [-0.15, -0.1) is 0 Å². The number of alkyl halides is 3. The number of aryl methyl sites for hydroxylation is 1. The molecule has 2 rings (SSSR count). The summed E-state index contributed by atoms with van der Waals surface area (Å²) < 4.78 is 69.7.